The molecule has 5 nitrogen and oxygen atoms in total. The molecule has 1 aliphatic carbocycles. The molecule has 1 aromatic heterocycles. The zero-order valence-corrected chi connectivity index (χ0v) is 9.55. The minimum Gasteiger partial charge on any atom is -0.293 e. The van der Waals surface area contributed by atoms with E-state index in [1.165, 1.54) is 0 Å². The number of aromatic nitrogens is 3. The van der Waals surface area contributed by atoms with Crippen molar-refractivity contribution in [2.24, 2.45) is 5.92 Å². The summed E-state index contributed by atoms with van der Waals surface area (Å²) in [6, 6.07) is 0. The van der Waals surface area contributed by atoms with Crippen molar-refractivity contribution >= 4 is 11.9 Å². The quantitative estimate of drug-likeness (QED) is 0.878. The van der Waals surface area contributed by atoms with Crippen LogP contribution in [0.2, 0.25) is 0 Å². The largest absolute Gasteiger partial charge is 0.451 e. The zero-order valence-electron chi connectivity index (χ0n) is 9.55. The van der Waals surface area contributed by atoms with E-state index in [1.807, 2.05) is 0 Å². The maximum absolute atomic E-state index is 12.2. The summed E-state index contributed by atoms with van der Waals surface area (Å²) in [6.07, 6.45) is -0.0601. The van der Waals surface area contributed by atoms with Crippen LogP contribution < -0.4 is 5.32 Å². The van der Waals surface area contributed by atoms with Gasteiger partial charge in [-0.2, -0.15) is 18.2 Å². The third-order valence-corrected chi connectivity index (χ3v) is 2.95. The van der Waals surface area contributed by atoms with Gasteiger partial charge in [0, 0.05) is 6.42 Å². The molecule has 2 N–H and O–H groups in total. The van der Waals surface area contributed by atoms with Crippen LogP contribution in [0.15, 0.2) is 0 Å². The number of anilines is 1. The van der Waals surface area contributed by atoms with Crippen LogP contribution in [0.3, 0.4) is 0 Å². The van der Waals surface area contributed by atoms with Crippen LogP contribution in [0.1, 0.15) is 37.9 Å². The van der Waals surface area contributed by atoms with E-state index >= 15 is 0 Å². The van der Waals surface area contributed by atoms with E-state index in [9.17, 15) is 18.0 Å². The van der Waals surface area contributed by atoms with Crippen molar-refractivity contribution in [3.63, 3.8) is 0 Å². The summed E-state index contributed by atoms with van der Waals surface area (Å²) in [5, 5.41) is 7.32. The van der Waals surface area contributed by atoms with Crippen LogP contribution >= 0.6 is 0 Å². The van der Waals surface area contributed by atoms with Gasteiger partial charge in [-0.25, -0.2) is 0 Å². The topological polar surface area (TPSA) is 70.7 Å². The predicted octanol–water partition coefficient (Wildman–Crippen LogP) is 2.34. The normalized spacial score (nSPS) is 17.1. The van der Waals surface area contributed by atoms with Crippen LogP contribution in [-0.2, 0) is 11.0 Å². The number of hydrogen-bond acceptors (Lipinski definition) is 3. The van der Waals surface area contributed by atoms with Crippen LogP contribution in [0.5, 0.6) is 0 Å². The van der Waals surface area contributed by atoms with Gasteiger partial charge < -0.3 is 0 Å². The highest BCUT2D eigenvalue weighted by atomic mass is 19.4. The molecule has 0 saturated heterocycles. The van der Waals surface area contributed by atoms with Crippen molar-refractivity contribution in [3.05, 3.63) is 5.82 Å². The maximum Gasteiger partial charge on any atom is 0.451 e. The molecule has 0 spiro atoms. The van der Waals surface area contributed by atoms with Gasteiger partial charge in [-0.15, -0.1) is 5.10 Å². The van der Waals surface area contributed by atoms with Gasteiger partial charge in [0.1, 0.15) is 0 Å². The van der Waals surface area contributed by atoms with Crippen molar-refractivity contribution in [2.75, 3.05) is 5.32 Å². The number of alkyl halides is 3. The SMILES string of the molecule is O=C(CC1CCCC1)Nc1n[nH]c(C(F)(F)F)n1. The minimum absolute atomic E-state index is 0.315. The molecule has 0 bridgehead atoms. The Morgan fingerprint density at radius 1 is 1.39 bits per heavy atom. The Morgan fingerprint density at radius 2 is 2.06 bits per heavy atom. The summed E-state index contributed by atoms with van der Waals surface area (Å²) in [7, 11) is 0. The summed E-state index contributed by atoms with van der Waals surface area (Å²) in [4.78, 5) is 14.7. The Labute approximate surface area is 101 Å². The average Bonchev–Trinajstić information content (AvgIpc) is 2.87. The standard InChI is InChI=1S/C10H13F3N4O/c11-10(12,13)8-15-9(17-16-8)14-7(18)5-6-3-1-2-4-6/h6H,1-5H2,(H2,14,15,16,17,18). The number of H-pyrrole nitrogens is 1. The molecule has 0 aliphatic heterocycles. The maximum atomic E-state index is 12.2. The third kappa shape index (κ3) is 3.21. The van der Waals surface area contributed by atoms with Crippen LogP contribution in [0, 0.1) is 5.92 Å². The Morgan fingerprint density at radius 3 is 2.61 bits per heavy atom. The summed E-state index contributed by atoms with van der Waals surface area (Å²) < 4.78 is 36.7. The van der Waals surface area contributed by atoms with Gasteiger partial charge in [0.15, 0.2) is 0 Å². The highest BCUT2D eigenvalue weighted by Gasteiger charge is 2.35. The van der Waals surface area contributed by atoms with Gasteiger partial charge in [-0.3, -0.25) is 15.2 Å². The first kappa shape index (κ1) is 12.8. The minimum atomic E-state index is -4.58. The molecule has 1 heterocycles. The molecular formula is C10H13F3N4O. The van der Waals surface area contributed by atoms with E-state index in [0.717, 1.165) is 25.7 Å². The summed E-state index contributed by atoms with van der Waals surface area (Å²) in [5.41, 5.74) is 0. The molecule has 2 rings (SSSR count). The van der Waals surface area contributed by atoms with E-state index in [4.69, 9.17) is 0 Å². The summed E-state index contributed by atoms with van der Waals surface area (Å²) in [6.45, 7) is 0. The molecule has 1 amide bonds. The number of nitrogens with zero attached hydrogens (tertiary/aromatic N) is 2. The van der Waals surface area contributed by atoms with Crippen molar-refractivity contribution in [2.45, 2.75) is 38.3 Å². The Balaban J connectivity index is 1.88. The molecule has 0 radical (unpaired) electrons. The van der Waals surface area contributed by atoms with E-state index in [-0.39, 0.29) is 11.9 Å². The number of nitrogens with one attached hydrogen (secondary N) is 2. The van der Waals surface area contributed by atoms with Gasteiger partial charge in [-0.1, -0.05) is 12.8 Å². The highest BCUT2D eigenvalue weighted by Crippen LogP contribution is 2.28. The molecule has 1 aromatic rings. The van der Waals surface area contributed by atoms with Gasteiger partial charge in [0.2, 0.25) is 17.7 Å². The number of amides is 1. The second kappa shape index (κ2) is 4.95. The fourth-order valence-corrected chi connectivity index (χ4v) is 2.10. The Hall–Kier alpha value is -1.60. The van der Waals surface area contributed by atoms with Gasteiger partial charge in [0.25, 0.3) is 0 Å². The number of aromatic amines is 1. The number of rotatable bonds is 3. The van der Waals surface area contributed by atoms with Gasteiger partial charge >= 0.3 is 6.18 Å². The fourth-order valence-electron chi connectivity index (χ4n) is 2.10. The highest BCUT2D eigenvalue weighted by molar-refractivity contribution is 5.89. The molecule has 1 fully saturated rings. The zero-order chi connectivity index (χ0) is 13.2. The Kier molecular flexibility index (Phi) is 3.53. The molecule has 100 valence electrons. The number of halogens is 3. The lowest BCUT2D eigenvalue weighted by atomic mass is 10.0. The lowest BCUT2D eigenvalue weighted by molar-refractivity contribution is -0.144. The van der Waals surface area contributed by atoms with Crippen LogP contribution in [-0.4, -0.2) is 21.1 Å². The first-order valence-electron chi connectivity index (χ1n) is 5.74. The lowest BCUT2D eigenvalue weighted by Crippen LogP contribution is -2.16. The number of carbonyl (C=O) groups excluding carboxylic acids is 1. The molecular weight excluding hydrogens is 249 g/mol. The summed E-state index contributed by atoms with van der Waals surface area (Å²) in [5.74, 6) is -1.55. The Bertz CT molecular complexity index is 423. The smallest absolute Gasteiger partial charge is 0.293 e. The molecule has 18 heavy (non-hydrogen) atoms. The predicted molar refractivity (Wildman–Crippen MR) is 56.6 cm³/mol. The van der Waals surface area contributed by atoms with Gasteiger partial charge in [-0.05, 0) is 18.8 Å². The van der Waals surface area contributed by atoms with Crippen LogP contribution in [0.25, 0.3) is 0 Å². The van der Waals surface area contributed by atoms with Crippen LogP contribution in [0.4, 0.5) is 19.1 Å². The number of hydrogen-bond donors (Lipinski definition) is 2. The second-order valence-electron chi connectivity index (χ2n) is 4.41. The van der Waals surface area contributed by atoms with Crippen molar-refractivity contribution < 1.29 is 18.0 Å². The van der Waals surface area contributed by atoms with E-state index < -0.39 is 12.0 Å². The molecule has 0 atom stereocenters. The monoisotopic (exact) mass is 262 g/mol. The second-order valence-corrected chi connectivity index (χ2v) is 4.41. The number of carbonyl (C=O) groups is 1. The lowest BCUT2D eigenvalue weighted by Gasteiger charge is -2.06. The molecule has 0 unspecified atom stereocenters. The van der Waals surface area contributed by atoms with Crippen molar-refractivity contribution in [3.8, 4) is 0 Å². The third-order valence-electron chi connectivity index (χ3n) is 2.95. The summed E-state index contributed by atoms with van der Waals surface area (Å²) >= 11 is 0. The van der Waals surface area contributed by atoms with E-state index in [1.54, 1.807) is 5.10 Å². The average molecular weight is 262 g/mol. The molecule has 8 heteroatoms. The van der Waals surface area contributed by atoms with E-state index in [0.29, 0.717) is 12.3 Å². The van der Waals surface area contributed by atoms with Crippen molar-refractivity contribution in [1.29, 1.82) is 0 Å². The van der Waals surface area contributed by atoms with E-state index in [2.05, 4.69) is 15.4 Å². The van der Waals surface area contributed by atoms with Gasteiger partial charge in [0.05, 0.1) is 0 Å². The first-order chi connectivity index (χ1) is 8.45. The molecule has 0 aromatic carbocycles. The van der Waals surface area contributed by atoms with Crippen molar-refractivity contribution in [1.82, 2.24) is 15.2 Å². The fraction of sp³-hybridized carbons (Fsp3) is 0.700. The first-order valence-corrected chi connectivity index (χ1v) is 5.74. The molecule has 1 aliphatic rings. The molecule has 1 saturated carbocycles.